The summed E-state index contributed by atoms with van der Waals surface area (Å²) in [5, 5.41) is 3.14. The number of ether oxygens (including phenoxy) is 1. The molecule has 1 amide bonds. The molecule has 132 valence electrons. The van der Waals surface area contributed by atoms with Gasteiger partial charge >= 0.3 is 0 Å². The summed E-state index contributed by atoms with van der Waals surface area (Å²) in [6.07, 6.45) is 8.54. The second kappa shape index (κ2) is 7.14. The Bertz CT molecular complexity index is 735. The standard InChI is InChI=1S/C18H23N5O2/c1-18(2,25-3)17(24)23-10-4-5-14(23)13-6-7-20-15(11-13)22-16-12-19-8-9-21-16/h6-9,11-12,14H,4-5,10H2,1-3H3,(H,20,21,22). The SMILES string of the molecule is COC(C)(C)C(=O)N1CCCC1c1ccnc(Nc2cnccn2)c1. The maximum atomic E-state index is 12.8. The zero-order valence-electron chi connectivity index (χ0n) is 14.8. The van der Waals surface area contributed by atoms with Crippen LogP contribution in [0.25, 0.3) is 0 Å². The number of rotatable bonds is 5. The highest BCUT2D eigenvalue weighted by atomic mass is 16.5. The van der Waals surface area contributed by atoms with E-state index in [9.17, 15) is 4.79 Å². The molecule has 0 radical (unpaired) electrons. The summed E-state index contributed by atoms with van der Waals surface area (Å²) in [5.74, 6) is 1.33. The molecule has 3 rings (SSSR count). The van der Waals surface area contributed by atoms with E-state index in [2.05, 4.69) is 20.3 Å². The molecule has 1 saturated heterocycles. The van der Waals surface area contributed by atoms with Gasteiger partial charge in [-0.1, -0.05) is 0 Å². The fourth-order valence-electron chi connectivity index (χ4n) is 3.01. The Hall–Kier alpha value is -2.54. The van der Waals surface area contributed by atoms with Crippen LogP contribution in [-0.4, -0.2) is 45.0 Å². The minimum atomic E-state index is -0.823. The van der Waals surface area contributed by atoms with Crippen molar-refractivity contribution < 1.29 is 9.53 Å². The number of amides is 1. The van der Waals surface area contributed by atoms with Crippen LogP contribution in [0.15, 0.2) is 36.9 Å². The van der Waals surface area contributed by atoms with Gasteiger partial charge in [-0.3, -0.25) is 9.78 Å². The second-order valence-corrected chi connectivity index (χ2v) is 6.56. The summed E-state index contributed by atoms with van der Waals surface area (Å²) >= 11 is 0. The Morgan fingerprint density at radius 3 is 2.80 bits per heavy atom. The number of carbonyl (C=O) groups is 1. The van der Waals surface area contributed by atoms with E-state index in [-0.39, 0.29) is 11.9 Å². The molecule has 3 heterocycles. The van der Waals surface area contributed by atoms with Gasteiger partial charge in [0.1, 0.15) is 17.2 Å². The summed E-state index contributed by atoms with van der Waals surface area (Å²) in [4.78, 5) is 27.3. The summed E-state index contributed by atoms with van der Waals surface area (Å²) in [5.41, 5.74) is 0.232. The number of carbonyl (C=O) groups excluding carboxylic acids is 1. The van der Waals surface area contributed by atoms with Crippen molar-refractivity contribution in [2.24, 2.45) is 0 Å². The third kappa shape index (κ3) is 3.76. The molecular weight excluding hydrogens is 318 g/mol. The van der Waals surface area contributed by atoms with Crippen molar-refractivity contribution in [3.63, 3.8) is 0 Å². The molecule has 0 aliphatic carbocycles. The highest BCUT2D eigenvalue weighted by molar-refractivity contribution is 5.85. The summed E-state index contributed by atoms with van der Waals surface area (Å²) < 4.78 is 5.37. The first-order valence-corrected chi connectivity index (χ1v) is 8.36. The first-order valence-electron chi connectivity index (χ1n) is 8.36. The third-order valence-corrected chi connectivity index (χ3v) is 4.53. The molecule has 7 heteroatoms. The normalized spacial score (nSPS) is 17.6. The Morgan fingerprint density at radius 2 is 2.08 bits per heavy atom. The maximum absolute atomic E-state index is 12.8. The molecule has 1 fully saturated rings. The van der Waals surface area contributed by atoms with Gasteiger partial charge in [-0.05, 0) is 44.4 Å². The molecule has 2 aromatic rings. The molecule has 25 heavy (non-hydrogen) atoms. The average Bonchev–Trinajstić information content (AvgIpc) is 3.11. The van der Waals surface area contributed by atoms with E-state index in [1.807, 2.05) is 17.0 Å². The van der Waals surface area contributed by atoms with E-state index in [0.717, 1.165) is 24.9 Å². The Kier molecular flexibility index (Phi) is 4.94. The van der Waals surface area contributed by atoms with Crippen LogP contribution in [0, 0.1) is 0 Å². The van der Waals surface area contributed by atoms with Crippen LogP contribution in [0.2, 0.25) is 0 Å². The van der Waals surface area contributed by atoms with Crippen LogP contribution in [-0.2, 0) is 9.53 Å². The van der Waals surface area contributed by atoms with Gasteiger partial charge in [-0.25, -0.2) is 9.97 Å². The molecular formula is C18H23N5O2. The quantitative estimate of drug-likeness (QED) is 0.901. The molecule has 0 spiro atoms. The smallest absolute Gasteiger partial charge is 0.254 e. The number of likely N-dealkylation sites (tertiary alicyclic amines) is 1. The predicted octanol–water partition coefficient (Wildman–Crippen LogP) is 2.70. The predicted molar refractivity (Wildman–Crippen MR) is 94.3 cm³/mol. The van der Waals surface area contributed by atoms with Crippen LogP contribution < -0.4 is 5.32 Å². The first kappa shape index (κ1) is 17.3. The van der Waals surface area contributed by atoms with Crippen LogP contribution in [0.4, 0.5) is 11.6 Å². The molecule has 0 bridgehead atoms. The van der Waals surface area contributed by atoms with Crippen LogP contribution in [0.3, 0.4) is 0 Å². The minimum Gasteiger partial charge on any atom is -0.369 e. The monoisotopic (exact) mass is 341 g/mol. The van der Waals surface area contributed by atoms with Gasteiger partial charge in [0.25, 0.3) is 5.91 Å². The van der Waals surface area contributed by atoms with Crippen molar-refractivity contribution in [2.45, 2.75) is 38.3 Å². The number of pyridine rings is 1. The van der Waals surface area contributed by atoms with Crippen molar-refractivity contribution in [1.29, 1.82) is 0 Å². The van der Waals surface area contributed by atoms with Crippen molar-refractivity contribution in [1.82, 2.24) is 19.9 Å². The molecule has 0 saturated carbocycles. The van der Waals surface area contributed by atoms with Crippen LogP contribution in [0.5, 0.6) is 0 Å². The lowest BCUT2D eigenvalue weighted by molar-refractivity contribution is -0.152. The highest BCUT2D eigenvalue weighted by Gasteiger charge is 2.38. The van der Waals surface area contributed by atoms with Gasteiger partial charge in [0.05, 0.1) is 12.2 Å². The van der Waals surface area contributed by atoms with Gasteiger partial charge in [-0.2, -0.15) is 0 Å². The first-order chi connectivity index (χ1) is 12.0. The number of hydrogen-bond donors (Lipinski definition) is 1. The lowest BCUT2D eigenvalue weighted by atomic mass is 10.0. The van der Waals surface area contributed by atoms with E-state index in [0.29, 0.717) is 11.6 Å². The van der Waals surface area contributed by atoms with E-state index in [4.69, 9.17) is 4.74 Å². The number of nitrogens with one attached hydrogen (secondary N) is 1. The molecule has 1 atom stereocenters. The fraction of sp³-hybridized carbons (Fsp3) is 0.444. The van der Waals surface area contributed by atoms with Crippen LogP contribution >= 0.6 is 0 Å². The van der Waals surface area contributed by atoms with E-state index >= 15 is 0 Å². The topological polar surface area (TPSA) is 80.2 Å². The summed E-state index contributed by atoms with van der Waals surface area (Å²) in [6.45, 7) is 4.35. The van der Waals surface area contributed by atoms with Crippen molar-refractivity contribution in [2.75, 3.05) is 19.0 Å². The largest absolute Gasteiger partial charge is 0.369 e. The fourth-order valence-corrected chi connectivity index (χ4v) is 3.01. The third-order valence-electron chi connectivity index (χ3n) is 4.53. The number of methoxy groups -OCH3 is 1. The number of nitrogens with zero attached hydrogens (tertiary/aromatic N) is 4. The summed E-state index contributed by atoms with van der Waals surface area (Å²) in [6, 6.07) is 3.95. The molecule has 1 N–H and O–H groups in total. The molecule has 1 unspecified atom stereocenters. The molecule has 1 aliphatic heterocycles. The van der Waals surface area contributed by atoms with Gasteiger partial charge in [0, 0.05) is 32.2 Å². The molecule has 7 nitrogen and oxygen atoms in total. The molecule has 1 aliphatic rings. The van der Waals surface area contributed by atoms with Gasteiger partial charge in [0.2, 0.25) is 0 Å². The van der Waals surface area contributed by atoms with Gasteiger partial charge in [-0.15, -0.1) is 0 Å². The Balaban J connectivity index is 1.81. The van der Waals surface area contributed by atoms with Gasteiger partial charge in [0.15, 0.2) is 0 Å². The summed E-state index contributed by atoms with van der Waals surface area (Å²) in [7, 11) is 1.57. The second-order valence-electron chi connectivity index (χ2n) is 6.56. The molecule has 2 aromatic heterocycles. The highest BCUT2D eigenvalue weighted by Crippen LogP contribution is 2.34. The maximum Gasteiger partial charge on any atom is 0.254 e. The van der Waals surface area contributed by atoms with E-state index in [1.165, 1.54) is 0 Å². The lowest BCUT2D eigenvalue weighted by Crippen LogP contribution is -2.46. The average molecular weight is 341 g/mol. The van der Waals surface area contributed by atoms with Crippen molar-refractivity contribution in [3.05, 3.63) is 42.5 Å². The molecule has 0 aromatic carbocycles. The van der Waals surface area contributed by atoms with E-state index in [1.54, 1.807) is 45.7 Å². The zero-order valence-corrected chi connectivity index (χ0v) is 14.8. The Labute approximate surface area is 147 Å². The Morgan fingerprint density at radius 1 is 1.28 bits per heavy atom. The van der Waals surface area contributed by atoms with Gasteiger partial charge < -0.3 is 15.0 Å². The number of hydrogen-bond acceptors (Lipinski definition) is 6. The zero-order chi connectivity index (χ0) is 17.9. The van der Waals surface area contributed by atoms with Crippen molar-refractivity contribution >= 4 is 17.5 Å². The van der Waals surface area contributed by atoms with Crippen molar-refractivity contribution in [3.8, 4) is 0 Å². The number of anilines is 2. The lowest BCUT2D eigenvalue weighted by Gasteiger charge is -2.32. The number of aromatic nitrogens is 3. The minimum absolute atomic E-state index is 0.0118. The van der Waals surface area contributed by atoms with Crippen LogP contribution in [0.1, 0.15) is 38.3 Å². The van der Waals surface area contributed by atoms with E-state index < -0.39 is 5.60 Å².